The number of benzene rings is 2. The number of hydrogen-bond acceptors (Lipinski definition) is 1. The number of para-hydroxylation sites is 1. The minimum absolute atomic E-state index is 0.204. The van der Waals surface area contributed by atoms with Crippen LogP contribution in [0, 0.1) is 5.82 Å². The van der Waals surface area contributed by atoms with Crippen molar-refractivity contribution < 1.29 is 4.39 Å². The fourth-order valence-corrected chi connectivity index (χ4v) is 2.48. The van der Waals surface area contributed by atoms with E-state index in [0.717, 1.165) is 29.7 Å². The van der Waals surface area contributed by atoms with E-state index in [4.69, 9.17) is 11.6 Å². The van der Waals surface area contributed by atoms with Crippen LogP contribution >= 0.6 is 11.6 Å². The van der Waals surface area contributed by atoms with Crippen LogP contribution in [0.1, 0.15) is 0 Å². The molecular formula is C16H14ClFN2. The summed E-state index contributed by atoms with van der Waals surface area (Å²) in [6.07, 6.45) is 1.97. The number of aromatic nitrogens is 1. The predicted molar refractivity (Wildman–Crippen MR) is 81.8 cm³/mol. The molecule has 0 aliphatic carbocycles. The molecule has 4 heteroatoms. The van der Waals surface area contributed by atoms with Gasteiger partial charge in [0.15, 0.2) is 0 Å². The maximum Gasteiger partial charge on any atom is 0.123 e. The van der Waals surface area contributed by atoms with E-state index in [-0.39, 0.29) is 5.82 Å². The summed E-state index contributed by atoms with van der Waals surface area (Å²) in [5, 5.41) is 4.93. The fourth-order valence-electron chi connectivity index (χ4n) is 2.28. The SMILES string of the molecule is Fc1ccc2c(ccn2CCNc2ccccc2Cl)c1. The molecule has 1 aromatic heterocycles. The van der Waals surface area contributed by atoms with Gasteiger partial charge in [0.05, 0.1) is 10.7 Å². The highest BCUT2D eigenvalue weighted by molar-refractivity contribution is 6.33. The first-order chi connectivity index (χ1) is 9.74. The molecule has 0 saturated heterocycles. The van der Waals surface area contributed by atoms with Crippen LogP contribution in [0.3, 0.4) is 0 Å². The van der Waals surface area contributed by atoms with Crippen molar-refractivity contribution in [2.45, 2.75) is 6.54 Å². The zero-order valence-corrected chi connectivity index (χ0v) is 11.6. The van der Waals surface area contributed by atoms with E-state index < -0.39 is 0 Å². The van der Waals surface area contributed by atoms with E-state index >= 15 is 0 Å². The quantitative estimate of drug-likeness (QED) is 0.745. The second-order valence-corrected chi connectivity index (χ2v) is 5.03. The van der Waals surface area contributed by atoms with Gasteiger partial charge in [0, 0.05) is 30.2 Å². The molecule has 20 heavy (non-hydrogen) atoms. The Hall–Kier alpha value is -2.00. The van der Waals surface area contributed by atoms with Crippen molar-refractivity contribution >= 4 is 28.2 Å². The largest absolute Gasteiger partial charge is 0.382 e. The van der Waals surface area contributed by atoms with E-state index in [1.807, 2.05) is 36.5 Å². The summed E-state index contributed by atoms with van der Waals surface area (Å²) in [5.74, 6) is -0.204. The van der Waals surface area contributed by atoms with Gasteiger partial charge in [-0.15, -0.1) is 0 Å². The number of rotatable bonds is 4. The maximum absolute atomic E-state index is 13.1. The molecule has 3 aromatic rings. The van der Waals surface area contributed by atoms with Crippen molar-refractivity contribution in [1.82, 2.24) is 4.57 Å². The lowest BCUT2D eigenvalue weighted by Gasteiger charge is -2.09. The van der Waals surface area contributed by atoms with Gasteiger partial charge >= 0.3 is 0 Å². The zero-order valence-electron chi connectivity index (χ0n) is 10.8. The highest BCUT2D eigenvalue weighted by atomic mass is 35.5. The van der Waals surface area contributed by atoms with Gasteiger partial charge in [0.25, 0.3) is 0 Å². The van der Waals surface area contributed by atoms with Crippen molar-refractivity contribution in [3.05, 3.63) is 65.6 Å². The molecule has 0 atom stereocenters. The maximum atomic E-state index is 13.1. The Morgan fingerprint density at radius 2 is 1.95 bits per heavy atom. The first-order valence-electron chi connectivity index (χ1n) is 6.47. The standard InChI is InChI=1S/C16H14ClFN2/c17-14-3-1-2-4-15(14)19-8-10-20-9-7-12-11-13(18)5-6-16(12)20/h1-7,9,11,19H,8,10H2. The summed E-state index contributed by atoms with van der Waals surface area (Å²) in [5.41, 5.74) is 1.96. The third-order valence-electron chi connectivity index (χ3n) is 3.28. The smallest absolute Gasteiger partial charge is 0.123 e. The number of hydrogen-bond donors (Lipinski definition) is 1. The molecule has 102 valence electrons. The van der Waals surface area contributed by atoms with Gasteiger partial charge in [0.2, 0.25) is 0 Å². The zero-order chi connectivity index (χ0) is 13.9. The molecular weight excluding hydrogens is 275 g/mol. The highest BCUT2D eigenvalue weighted by Crippen LogP contribution is 2.21. The lowest BCUT2D eigenvalue weighted by molar-refractivity contribution is 0.629. The molecule has 3 rings (SSSR count). The second kappa shape index (κ2) is 5.55. The summed E-state index contributed by atoms with van der Waals surface area (Å²) in [6, 6.07) is 14.4. The number of fused-ring (bicyclic) bond motifs is 1. The monoisotopic (exact) mass is 288 g/mol. The van der Waals surface area contributed by atoms with Crippen LogP contribution < -0.4 is 5.32 Å². The molecule has 0 aliphatic rings. The van der Waals surface area contributed by atoms with Gasteiger partial charge in [0.1, 0.15) is 5.82 Å². The summed E-state index contributed by atoms with van der Waals surface area (Å²) < 4.78 is 15.2. The van der Waals surface area contributed by atoms with Crippen LogP contribution in [0.2, 0.25) is 5.02 Å². The third kappa shape index (κ3) is 2.63. The number of nitrogens with zero attached hydrogens (tertiary/aromatic N) is 1. The van der Waals surface area contributed by atoms with Gasteiger partial charge in [-0.1, -0.05) is 23.7 Å². The van der Waals surface area contributed by atoms with Crippen molar-refractivity contribution in [2.75, 3.05) is 11.9 Å². The van der Waals surface area contributed by atoms with Gasteiger partial charge < -0.3 is 9.88 Å². The van der Waals surface area contributed by atoms with Crippen LogP contribution in [-0.4, -0.2) is 11.1 Å². The Balaban J connectivity index is 1.70. The normalized spacial score (nSPS) is 10.9. The average Bonchev–Trinajstić information content (AvgIpc) is 2.83. The molecule has 0 radical (unpaired) electrons. The molecule has 0 aliphatic heterocycles. The van der Waals surface area contributed by atoms with E-state index in [1.165, 1.54) is 6.07 Å². The van der Waals surface area contributed by atoms with Crippen LogP contribution in [-0.2, 0) is 6.54 Å². The molecule has 0 saturated carbocycles. The highest BCUT2D eigenvalue weighted by Gasteiger charge is 2.02. The first-order valence-corrected chi connectivity index (χ1v) is 6.84. The molecule has 1 N–H and O–H groups in total. The number of nitrogens with one attached hydrogen (secondary N) is 1. The van der Waals surface area contributed by atoms with Crippen LogP contribution in [0.5, 0.6) is 0 Å². The summed E-state index contributed by atoms with van der Waals surface area (Å²) in [7, 11) is 0. The Bertz CT molecular complexity index is 736. The average molecular weight is 289 g/mol. The first kappa shape index (κ1) is 13.0. The Morgan fingerprint density at radius 3 is 2.80 bits per heavy atom. The van der Waals surface area contributed by atoms with E-state index in [0.29, 0.717) is 5.02 Å². The third-order valence-corrected chi connectivity index (χ3v) is 3.60. The van der Waals surface area contributed by atoms with Crippen LogP contribution in [0.25, 0.3) is 10.9 Å². The summed E-state index contributed by atoms with van der Waals surface area (Å²) >= 11 is 6.09. The number of halogens is 2. The second-order valence-electron chi connectivity index (χ2n) is 4.62. The fraction of sp³-hybridized carbons (Fsp3) is 0.125. The molecule has 1 heterocycles. The van der Waals surface area contributed by atoms with Crippen molar-refractivity contribution in [3.8, 4) is 0 Å². The van der Waals surface area contributed by atoms with Gasteiger partial charge in [-0.2, -0.15) is 0 Å². The topological polar surface area (TPSA) is 17.0 Å². The van der Waals surface area contributed by atoms with E-state index in [1.54, 1.807) is 12.1 Å². The summed E-state index contributed by atoms with van der Waals surface area (Å²) in [4.78, 5) is 0. The lowest BCUT2D eigenvalue weighted by Crippen LogP contribution is -2.09. The predicted octanol–water partition coefficient (Wildman–Crippen LogP) is 4.55. The Morgan fingerprint density at radius 1 is 1.10 bits per heavy atom. The molecule has 0 unspecified atom stereocenters. The van der Waals surface area contributed by atoms with Gasteiger partial charge in [-0.05, 0) is 36.4 Å². The molecule has 0 spiro atoms. The van der Waals surface area contributed by atoms with Crippen LogP contribution in [0.4, 0.5) is 10.1 Å². The van der Waals surface area contributed by atoms with Crippen molar-refractivity contribution in [1.29, 1.82) is 0 Å². The van der Waals surface area contributed by atoms with Crippen molar-refractivity contribution in [2.24, 2.45) is 0 Å². The molecule has 2 nitrogen and oxygen atoms in total. The van der Waals surface area contributed by atoms with Crippen molar-refractivity contribution in [3.63, 3.8) is 0 Å². The minimum atomic E-state index is -0.204. The molecule has 0 fully saturated rings. The van der Waals surface area contributed by atoms with E-state index in [2.05, 4.69) is 9.88 Å². The molecule has 2 aromatic carbocycles. The van der Waals surface area contributed by atoms with E-state index in [9.17, 15) is 4.39 Å². The molecule has 0 bridgehead atoms. The van der Waals surface area contributed by atoms with Gasteiger partial charge in [-0.25, -0.2) is 4.39 Å². The minimum Gasteiger partial charge on any atom is -0.382 e. The molecule has 0 amide bonds. The Kier molecular flexibility index (Phi) is 3.61. The van der Waals surface area contributed by atoms with Gasteiger partial charge in [-0.3, -0.25) is 0 Å². The number of anilines is 1. The van der Waals surface area contributed by atoms with Crippen LogP contribution in [0.15, 0.2) is 54.7 Å². The Labute approximate surface area is 121 Å². The summed E-state index contributed by atoms with van der Waals surface area (Å²) in [6.45, 7) is 1.55. The lowest BCUT2D eigenvalue weighted by atomic mass is 10.2.